The number of halogens is 2. The number of rotatable bonds is 3. The lowest BCUT2D eigenvalue weighted by Crippen LogP contribution is -2.34. The average molecular weight is 387 g/mol. The third-order valence-electron chi connectivity index (χ3n) is 5.55. The summed E-state index contributed by atoms with van der Waals surface area (Å²) >= 11 is 0. The number of piperidine rings is 1. The summed E-state index contributed by atoms with van der Waals surface area (Å²) in [5, 5.41) is 4.50. The molecule has 7 heteroatoms. The van der Waals surface area contributed by atoms with E-state index in [0.29, 0.717) is 6.04 Å². The maximum atomic E-state index is 6.28. The average Bonchev–Trinajstić information content (AvgIpc) is 3.17. The molecule has 2 aromatic heterocycles. The van der Waals surface area contributed by atoms with Crippen LogP contribution in [0.1, 0.15) is 55.8 Å². The van der Waals surface area contributed by atoms with Crippen LogP contribution in [-0.4, -0.2) is 33.7 Å². The van der Waals surface area contributed by atoms with E-state index in [0.717, 1.165) is 42.8 Å². The minimum absolute atomic E-state index is 0. The zero-order valence-electron chi connectivity index (χ0n) is 15.0. The van der Waals surface area contributed by atoms with Gasteiger partial charge in [-0.1, -0.05) is 12.8 Å². The third kappa shape index (κ3) is 3.74. The van der Waals surface area contributed by atoms with E-state index < -0.39 is 0 Å². The van der Waals surface area contributed by atoms with Gasteiger partial charge in [-0.3, -0.25) is 0 Å². The molecule has 0 bridgehead atoms. The maximum Gasteiger partial charge on any atom is 0.226 e. The summed E-state index contributed by atoms with van der Waals surface area (Å²) in [6.07, 6.45) is 9.21. The van der Waals surface area contributed by atoms with Gasteiger partial charge in [0.05, 0.1) is 5.39 Å². The molecular weight excluding hydrogens is 359 g/mol. The summed E-state index contributed by atoms with van der Waals surface area (Å²) in [7, 11) is 0. The molecule has 2 aliphatic rings. The molecule has 1 N–H and O–H groups in total. The first-order valence-electron chi connectivity index (χ1n) is 8.95. The summed E-state index contributed by atoms with van der Waals surface area (Å²) in [6, 6.07) is 0.591. The highest BCUT2D eigenvalue weighted by Crippen LogP contribution is 2.38. The van der Waals surface area contributed by atoms with Crippen molar-refractivity contribution in [3.63, 3.8) is 0 Å². The van der Waals surface area contributed by atoms with E-state index in [4.69, 9.17) is 4.74 Å². The van der Waals surface area contributed by atoms with Crippen molar-refractivity contribution in [1.82, 2.24) is 19.9 Å². The van der Waals surface area contributed by atoms with Gasteiger partial charge in [-0.15, -0.1) is 24.8 Å². The van der Waals surface area contributed by atoms with E-state index in [2.05, 4.69) is 33.7 Å². The molecule has 0 aromatic carbocycles. The highest BCUT2D eigenvalue weighted by Gasteiger charge is 2.26. The maximum absolute atomic E-state index is 6.28. The van der Waals surface area contributed by atoms with Gasteiger partial charge in [0.1, 0.15) is 18.1 Å². The fourth-order valence-electron chi connectivity index (χ4n) is 4.16. The van der Waals surface area contributed by atoms with E-state index in [-0.39, 0.29) is 30.9 Å². The fourth-order valence-corrected chi connectivity index (χ4v) is 4.16. The lowest BCUT2D eigenvalue weighted by molar-refractivity contribution is 0.158. The number of aryl methyl sites for hydroxylation is 1. The second-order valence-electron chi connectivity index (χ2n) is 6.96. The lowest BCUT2D eigenvalue weighted by Gasteiger charge is -2.23. The van der Waals surface area contributed by atoms with Crippen LogP contribution in [0.5, 0.6) is 5.88 Å². The lowest BCUT2D eigenvalue weighted by atomic mass is 10.1. The van der Waals surface area contributed by atoms with E-state index in [1.54, 1.807) is 6.33 Å². The molecule has 2 aromatic rings. The first-order valence-corrected chi connectivity index (χ1v) is 8.95. The Morgan fingerprint density at radius 1 is 1.04 bits per heavy atom. The van der Waals surface area contributed by atoms with Gasteiger partial charge in [-0.05, 0) is 58.2 Å². The van der Waals surface area contributed by atoms with Crippen LogP contribution in [0.2, 0.25) is 0 Å². The Hall–Kier alpha value is -1.04. The van der Waals surface area contributed by atoms with Gasteiger partial charge < -0.3 is 14.6 Å². The minimum Gasteiger partial charge on any atom is -0.474 e. The topological polar surface area (TPSA) is 52.0 Å². The Morgan fingerprint density at radius 2 is 1.72 bits per heavy atom. The molecule has 1 saturated heterocycles. The van der Waals surface area contributed by atoms with Gasteiger partial charge in [-0.2, -0.15) is 0 Å². The number of hydrogen-bond acceptors (Lipinski definition) is 4. The van der Waals surface area contributed by atoms with Gasteiger partial charge in [0, 0.05) is 11.7 Å². The van der Waals surface area contributed by atoms with Crippen LogP contribution in [0.25, 0.3) is 11.0 Å². The molecular formula is C18H28Cl2N4O. The molecule has 1 aliphatic carbocycles. The van der Waals surface area contributed by atoms with Crippen molar-refractivity contribution in [3.8, 4) is 5.88 Å². The summed E-state index contributed by atoms with van der Waals surface area (Å²) in [5.41, 5.74) is 3.66. The number of ether oxygens (including phenoxy) is 1. The second kappa shape index (κ2) is 8.56. The number of fused-ring (bicyclic) bond motifs is 1. The smallest absolute Gasteiger partial charge is 0.226 e. The molecule has 0 radical (unpaired) electrons. The molecule has 2 fully saturated rings. The van der Waals surface area contributed by atoms with Crippen LogP contribution in [-0.2, 0) is 0 Å². The summed E-state index contributed by atoms with van der Waals surface area (Å²) < 4.78 is 8.72. The zero-order valence-corrected chi connectivity index (χ0v) is 16.6. The highest BCUT2D eigenvalue weighted by molar-refractivity contribution is 5.87. The molecule has 5 nitrogen and oxygen atoms in total. The van der Waals surface area contributed by atoms with Crippen molar-refractivity contribution in [3.05, 3.63) is 17.6 Å². The Labute approximate surface area is 161 Å². The summed E-state index contributed by atoms with van der Waals surface area (Å²) in [5.74, 6) is 0.777. The predicted molar refractivity (Wildman–Crippen MR) is 106 cm³/mol. The molecule has 1 aliphatic heterocycles. The van der Waals surface area contributed by atoms with Crippen LogP contribution >= 0.6 is 24.8 Å². The Bertz CT molecular complexity index is 707. The predicted octanol–water partition coefficient (Wildman–Crippen LogP) is 4.14. The largest absolute Gasteiger partial charge is 0.474 e. The molecule has 1 saturated carbocycles. The molecule has 0 atom stereocenters. The van der Waals surface area contributed by atoms with Crippen molar-refractivity contribution in [2.24, 2.45) is 0 Å². The summed E-state index contributed by atoms with van der Waals surface area (Å²) in [6.45, 7) is 6.45. The molecule has 4 rings (SSSR count). The second-order valence-corrected chi connectivity index (χ2v) is 6.96. The number of hydrogen-bond donors (Lipinski definition) is 1. The third-order valence-corrected chi connectivity index (χ3v) is 5.55. The van der Waals surface area contributed by atoms with Crippen molar-refractivity contribution in [2.75, 3.05) is 13.1 Å². The Kier molecular flexibility index (Phi) is 6.94. The molecule has 25 heavy (non-hydrogen) atoms. The van der Waals surface area contributed by atoms with E-state index in [9.17, 15) is 0 Å². The van der Waals surface area contributed by atoms with Gasteiger partial charge >= 0.3 is 0 Å². The summed E-state index contributed by atoms with van der Waals surface area (Å²) in [4.78, 5) is 9.10. The van der Waals surface area contributed by atoms with Crippen molar-refractivity contribution < 1.29 is 4.74 Å². The van der Waals surface area contributed by atoms with Gasteiger partial charge in [-0.25, -0.2) is 9.97 Å². The number of aromatic nitrogens is 3. The molecule has 3 heterocycles. The zero-order chi connectivity index (χ0) is 15.8. The molecule has 0 spiro atoms. The molecule has 0 unspecified atom stereocenters. The molecule has 140 valence electrons. The highest BCUT2D eigenvalue weighted by atomic mass is 35.5. The van der Waals surface area contributed by atoms with Crippen LogP contribution < -0.4 is 10.1 Å². The monoisotopic (exact) mass is 386 g/mol. The number of nitrogens with one attached hydrogen (secondary N) is 1. The Balaban J connectivity index is 0.00000113. The standard InChI is InChI=1S/C18H26N4O.2ClH/c1-12-13(2)22(14-5-3-4-6-14)17-16(12)18(21-11-20-17)23-15-7-9-19-10-8-15;;/h11,14-15,19H,3-10H2,1-2H3;2*1H. The first-order chi connectivity index (χ1) is 11.3. The van der Waals surface area contributed by atoms with Crippen molar-refractivity contribution in [1.29, 1.82) is 0 Å². The molecule has 0 amide bonds. The van der Waals surface area contributed by atoms with E-state index in [1.807, 2.05) is 0 Å². The van der Waals surface area contributed by atoms with Gasteiger partial charge in [0.25, 0.3) is 0 Å². The van der Waals surface area contributed by atoms with E-state index >= 15 is 0 Å². The van der Waals surface area contributed by atoms with Crippen LogP contribution in [0.4, 0.5) is 0 Å². The number of nitrogens with zero attached hydrogens (tertiary/aromatic N) is 3. The van der Waals surface area contributed by atoms with Crippen LogP contribution in [0, 0.1) is 13.8 Å². The van der Waals surface area contributed by atoms with Gasteiger partial charge in [0.2, 0.25) is 5.88 Å². The van der Waals surface area contributed by atoms with Crippen LogP contribution in [0.3, 0.4) is 0 Å². The van der Waals surface area contributed by atoms with Crippen LogP contribution in [0.15, 0.2) is 6.33 Å². The van der Waals surface area contributed by atoms with Crippen molar-refractivity contribution in [2.45, 2.75) is 64.5 Å². The normalized spacial score (nSPS) is 18.8. The van der Waals surface area contributed by atoms with Gasteiger partial charge in [0.15, 0.2) is 0 Å². The Morgan fingerprint density at radius 3 is 2.40 bits per heavy atom. The fraction of sp³-hybridized carbons (Fsp3) is 0.667. The SMILES string of the molecule is Cc1c(C)n(C2CCCC2)c2ncnc(OC3CCNCC3)c12.Cl.Cl. The minimum atomic E-state index is 0. The quantitative estimate of drug-likeness (QED) is 0.860. The van der Waals surface area contributed by atoms with E-state index in [1.165, 1.54) is 36.9 Å². The first kappa shape index (κ1) is 20.3. The van der Waals surface area contributed by atoms with Crippen molar-refractivity contribution >= 4 is 35.8 Å².